The number of aryl methyl sites for hydroxylation is 1. The molecule has 2 amide bonds. The number of methoxy groups -OCH3 is 1. The zero-order valence-corrected chi connectivity index (χ0v) is 23.9. The van der Waals surface area contributed by atoms with Crippen molar-refractivity contribution in [2.24, 2.45) is 0 Å². The summed E-state index contributed by atoms with van der Waals surface area (Å²) in [5.74, 6) is 0.0252. The third kappa shape index (κ3) is 4.83. The molecule has 1 aliphatic carbocycles. The van der Waals surface area contributed by atoms with Gasteiger partial charge < -0.3 is 14.5 Å². The number of amides is 2. The Bertz CT molecular complexity index is 1560. The van der Waals surface area contributed by atoms with Crippen LogP contribution in [0.2, 0.25) is 0 Å². The summed E-state index contributed by atoms with van der Waals surface area (Å²) in [6, 6.07) is 9.55. The number of aromatic nitrogens is 4. The van der Waals surface area contributed by atoms with E-state index in [1.54, 1.807) is 6.20 Å². The normalized spacial score (nSPS) is 15.0. The number of halogens is 1. The van der Waals surface area contributed by atoms with Gasteiger partial charge in [0, 0.05) is 59.7 Å². The van der Waals surface area contributed by atoms with Crippen molar-refractivity contribution in [2.45, 2.75) is 12.8 Å². The van der Waals surface area contributed by atoms with Gasteiger partial charge in [-0.25, -0.2) is 14.5 Å². The molecule has 12 heteroatoms. The fourth-order valence-electron chi connectivity index (χ4n) is 4.97. The number of nitrogens with one attached hydrogen (secondary N) is 1. The Balaban J connectivity index is 1.43. The maximum atomic E-state index is 13.2. The van der Waals surface area contributed by atoms with Crippen LogP contribution in [0.4, 0.5) is 9.93 Å². The number of thiazole rings is 1. The Morgan fingerprint density at radius 3 is 2.67 bits per heavy atom. The van der Waals surface area contributed by atoms with Crippen molar-refractivity contribution in [2.75, 3.05) is 45.7 Å². The summed E-state index contributed by atoms with van der Waals surface area (Å²) in [4.78, 5) is 39.1. The average molecular weight is 609 g/mol. The molecular weight excluding hydrogens is 582 g/mol. The molecule has 2 aliphatic rings. The van der Waals surface area contributed by atoms with Gasteiger partial charge >= 0.3 is 6.09 Å². The second-order valence-electron chi connectivity index (χ2n) is 9.50. The van der Waals surface area contributed by atoms with E-state index < -0.39 is 6.09 Å². The molecule has 1 fully saturated rings. The molecule has 0 spiro atoms. The lowest BCUT2D eigenvalue weighted by atomic mass is 9.95. The second-order valence-corrected chi connectivity index (χ2v) is 11.4. The molecule has 1 N–H and O–H groups in total. The van der Waals surface area contributed by atoms with E-state index in [-0.39, 0.29) is 5.91 Å². The molecule has 4 aromatic rings. The van der Waals surface area contributed by atoms with Crippen LogP contribution in [0.3, 0.4) is 0 Å². The van der Waals surface area contributed by atoms with Gasteiger partial charge in [-0.05, 0) is 66.2 Å². The van der Waals surface area contributed by atoms with Crippen molar-refractivity contribution >= 4 is 44.4 Å². The van der Waals surface area contributed by atoms with Crippen molar-refractivity contribution in [3.05, 3.63) is 64.0 Å². The standard InChI is InChI=1S/C27H26BrN7O3S/c1-33-10-12-34(13-11-33)25(36)16-5-8-21(19(28)14-16)35-23-18(22(32-35)17-4-3-9-29-15-17)6-7-20-24(23)39-26(30-20)31-27(37)38-2/h3-5,8-9,14-15H,6-7,10-13H2,1-2H3,(H,30,31,37). The molecule has 10 nitrogen and oxygen atoms in total. The van der Waals surface area contributed by atoms with Gasteiger partial charge in [-0.3, -0.25) is 15.1 Å². The van der Waals surface area contributed by atoms with Crippen LogP contribution in [0, 0.1) is 0 Å². The smallest absolute Gasteiger partial charge is 0.413 e. The summed E-state index contributed by atoms with van der Waals surface area (Å²) >= 11 is 5.12. The Labute approximate surface area is 237 Å². The van der Waals surface area contributed by atoms with Gasteiger partial charge in [-0.15, -0.1) is 0 Å². The summed E-state index contributed by atoms with van der Waals surface area (Å²) in [6.07, 6.45) is 4.46. The fraction of sp³-hybridized carbons (Fsp3) is 0.296. The molecule has 200 valence electrons. The lowest BCUT2D eigenvalue weighted by molar-refractivity contribution is 0.0664. The minimum Gasteiger partial charge on any atom is -0.453 e. The average Bonchev–Trinajstić information content (AvgIpc) is 3.54. The van der Waals surface area contributed by atoms with Gasteiger partial charge in [0.05, 0.1) is 34.8 Å². The first kappa shape index (κ1) is 25.7. The maximum Gasteiger partial charge on any atom is 0.413 e. The van der Waals surface area contributed by atoms with Crippen LogP contribution in [-0.2, 0) is 17.6 Å². The van der Waals surface area contributed by atoms with Crippen LogP contribution in [0.1, 0.15) is 21.6 Å². The van der Waals surface area contributed by atoms with Crippen LogP contribution in [0.25, 0.3) is 27.5 Å². The highest BCUT2D eigenvalue weighted by Gasteiger charge is 2.31. The number of hydrogen-bond acceptors (Lipinski definition) is 8. The molecule has 39 heavy (non-hydrogen) atoms. The number of rotatable bonds is 4. The van der Waals surface area contributed by atoms with Crippen LogP contribution < -0.4 is 5.32 Å². The molecule has 0 unspecified atom stereocenters. The third-order valence-electron chi connectivity index (χ3n) is 7.05. The zero-order chi connectivity index (χ0) is 27.1. The van der Waals surface area contributed by atoms with Crippen LogP contribution in [0.15, 0.2) is 47.2 Å². The van der Waals surface area contributed by atoms with Crippen molar-refractivity contribution in [3.8, 4) is 27.5 Å². The molecule has 1 aromatic carbocycles. The minimum absolute atomic E-state index is 0.0252. The van der Waals surface area contributed by atoms with Crippen LogP contribution in [-0.4, -0.2) is 81.9 Å². The van der Waals surface area contributed by atoms with Crippen molar-refractivity contribution in [3.63, 3.8) is 0 Å². The van der Waals surface area contributed by atoms with E-state index in [1.165, 1.54) is 18.4 Å². The lowest BCUT2D eigenvalue weighted by Crippen LogP contribution is -2.47. The first-order chi connectivity index (χ1) is 18.9. The van der Waals surface area contributed by atoms with E-state index >= 15 is 0 Å². The summed E-state index contributed by atoms with van der Waals surface area (Å²) in [5.41, 5.74) is 6.12. The largest absolute Gasteiger partial charge is 0.453 e. The molecule has 1 saturated heterocycles. The number of carbonyl (C=O) groups is 2. The molecule has 1 aliphatic heterocycles. The number of ether oxygens (including phenoxy) is 1. The number of benzene rings is 1. The number of nitrogens with zero attached hydrogens (tertiary/aromatic N) is 6. The highest BCUT2D eigenvalue weighted by molar-refractivity contribution is 9.10. The summed E-state index contributed by atoms with van der Waals surface area (Å²) < 4.78 is 7.42. The summed E-state index contributed by atoms with van der Waals surface area (Å²) in [5, 5.41) is 8.23. The van der Waals surface area contributed by atoms with E-state index in [0.29, 0.717) is 23.8 Å². The highest BCUT2D eigenvalue weighted by Crippen LogP contribution is 2.44. The number of pyridine rings is 1. The topological polar surface area (TPSA) is 105 Å². The highest BCUT2D eigenvalue weighted by atomic mass is 79.9. The summed E-state index contributed by atoms with van der Waals surface area (Å²) in [7, 11) is 3.40. The zero-order valence-electron chi connectivity index (χ0n) is 21.5. The Morgan fingerprint density at radius 2 is 1.95 bits per heavy atom. The van der Waals surface area contributed by atoms with Crippen molar-refractivity contribution < 1.29 is 14.3 Å². The number of hydrogen-bond donors (Lipinski definition) is 1. The quantitative estimate of drug-likeness (QED) is 0.364. The predicted octanol–water partition coefficient (Wildman–Crippen LogP) is 4.48. The first-order valence-electron chi connectivity index (χ1n) is 12.6. The number of fused-ring (bicyclic) bond motifs is 3. The lowest BCUT2D eigenvalue weighted by Gasteiger charge is -2.32. The Morgan fingerprint density at radius 1 is 1.13 bits per heavy atom. The molecule has 0 radical (unpaired) electrons. The molecule has 4 heterocycles. The van der Waals surface area contributed by atoms with Crippen molar-refractivity contribution in [1.82, 2.24) is 29.5 Å². The van der Waals surface area contributed by atoms with E-state index in [1.807, 2.05) is 46.1 Å². The number of piperazine rings is 1. The second kappa shape index (κ2) is 10.5. The van der Waals surface area contributed by atoms with E-state index in [0.717, 1.165) is 69.2 Å². The predicted molar refractivity (Wildman–Crippen MR) is 152 cm³/mol. The molecule has 0 saturated carbocycles. The van der Waals surface area contributed by atoms with E-state index in [4.69, 9.17) is 9.84 Å². The van der Waals surface area contributed by atoms with Gasteiger partial charge in [0.1, 0.15) is 0 Å². The van der Waals surface area contributed by atoms with Gasteiger partial charge in [0.25, 0.3) is 5.91 Å². The molecule has 0 bridgehead atoms. The Hall–Kier alpha value is -3.61. The maximum absolute atomic E-state index is 13.2. The molecule has 6 rings (SSSR count). The van der Waals surface area contributed by atoms with Gasteiger partial charge in [-0.2, -0.15) is 5.10 Å². The Kier molecular flexibility index (Phi) is 6.92. The van der Waals surface area contributed by atoms with Crippen LogP contribution >= 0.6 is 27.3 Å². The number of anilines is 1. The van der Waals surface area contributed by atoms with Gasteiger partial charge in [0.2, 0.25) is 0 Å². The number of carbonyl (C=O) groups excluding carboxylic acids is 2. The van der Waals surface area contributed by atoms with Crippen LogP contribution in [0.5, 0.6) is 0 Å². The SMILES string of the molecule is COC(=O)Nc1nc2c(s1)-c1c(c(-c3cccnc3)nn1-c1ccc(C(=O)N3CCN(C)CC3)cc1Br)CC2. The van der Waals surface area contributed by atoms with E-state index in [2.05, 4.69) is 43.2 Å². The summed E-state index contributed by atoms with van der Waals surface area (Å²) in [6.45, 7) is 3.16. The monoisotopic (exact) mass is 607 g/mol. The van der Waals surface area contributed by atoms with Gasteiger partial charge in [0.15, 0.2) is 5.13 Å². The van der Waals surface area contributed by atoms with Crippen molar-refractivity contribution in [1.29, 1.82) is 0 Å². The third-order valence-corrected chi connectivity index (χ3v) is 8.71. The molecule has 3 aromatic heterocycles. The fourth-order valence-corrected chi connectivity index (χ4v) is 6.58. The number of likely N-dealkylation sites (N-methyl/N-ethyl adjacent to an activating group) is 1. The molecule has 0 atom stereocenters. The minimum atomic E-state index is -0.561. The van der Waals surface area contributed by atoms with E-state index in [9.17, 15) is 9.59 Å². The molecular formula is C27H26BrN7O3S. The van der Waals surface area contributed by atoms with Gasteiger partial charge in [-0.1, -0.05) is 11.3 Å². The first-order valence-corrected chi connectivity index (χ1v) is 14.2.